The molecule has 2 N–H and O–H groups in total. The van der Waals surface area contributed by atoms with E-state index in [0.717, 1.165) is 12.3 Å². The van der Waals surface area contributed by atoms with Gasteiger partial charge in [0.1, 0.15) is 5.82 Å². The van der Waals surface area contributed by atoms with E-state index in [1.54, 1.807) is 12.1 Å². The Morgan fingerprint density at radius 1 is 1.30 bits per heavy atom. The van der Waals surface area contributed by atoms with Crippen LogP contribution >= 0.6 is 11.6 Å². The zero-order valence-electron chi connectivity index (χ0n) is 16.1. The van der Waals surface area contributed by atoms with Crippen LogP contribution in [-0.2, 0) is 26.0 Å². The van der Waals surface area contributed by atoms with E-state index in [9.17, 15) is 27.5 Å². The van der Waals surface area contributed by atoms with Gasteiger partial charge in [0.05, 0.1) is 11.9 Å². The molecule has 1 heterocycles. The SMILES string of the molecule is CS(=O)(=O)Nc1cccc(N2CC[C@@](O)(C(=O)CCc3cc(F)cc(Cl)c3)C2=O)c1. The van der Waals surface area contributed by atoms with Crippen LogP contribution in [-0.4, -0.2) is 43.6 Å². The second kappa shape index (κ2) is 8.33. The molecule has 1 fully saturated rings. The number of benzene rings is 2. The van der Waals surface area contributed by atoms with Gasteiger partial charge in [-0.05, 0) is 48.4 Å². The molecule has 1 aliphatic rings. The number of nitrogens with zero attached hydrogens (tertiary/aromatic N) is 1. The van der Waals surface area contributed by atoms with E-state index >= 15 is 0 Å². The summed E-state index contributed by atoms with van der Waals surface area (Å²) in [5, 5.41) is 10.9. The van der Waals surface area contributed by atoms with E-state index < -0.39 is 33.1 Å². The van der Waals surface area contributed by atoms with Crippen molar-refractivity contribution < 1.29 is 27.5 Å². The summed E-state index contributed by atoms with van der Waals surface area (Å²) in [6.07, 6.45) is 0.868. The lowest BCUT2D eigenvalue weighted by Gasteiger charge is -2.22. The maximum absolute atomic E-state index is 13.4. The Bertz CT molecular complexity index is 1090. The number of carbonyl (C=O) groups excluding carboxylic acids is 2. The molecular formula is C20H20ClFN2O5S. The monoisotopic (exact) mass is 454 g/mol. The van der Waals surface area contributed by atoms with Crippen molar-refractivity contribution in [1.82, 2.24) is 0 Å². The molecule has 0 spiro atoms. The molecule has 3 rings (SSSR count). The standard InChI is InChI=1S/C20H20ClFN2O5S/c1-30(28,29)23-16-3-2-4-17(12-16)24-8-7-20(27,19(24)26)18(25)6-5-13-9-14(21)11-15(22)10-13/h2-4,9-12,23,27H,5-8H2,1H3/t20-/m1/s1. The van der Waals surface area contributed by atoms with E-state index in [0.29, 0.717) is 11.3 Å². The highest BCUT2D eigenvalue weighted by molar-refractivity contribution is 7.92. The van der Waals surface area contributed by atoms with Gasteiger partial charge in [0, 0.05) is 30.1 Å². The normalized spacial score (nSPS) is 19.2. The van der Waals surface area contributed by atoms with Crippen LogP contribution < -0.4 is 9.62 Å². The number of nitrogens with one attached hydrogen (secondary N) is 1. The molecule has 1 atom stereocenters. The van der Waals surface area contributed by atoms with Crippen molar-refractivity contribution in [2.24, 2.45) is 0 Å². The average Bonchev–Trinajstić information content (AvgIpc) is 2.94. The van der Waals surface area contributed by atoms with Crippen LogP contribution in [0.3, 0.4) is 0 Å². The molecule has 2 aromatic rings. The van der Waals surface area contributed by atoms with Crippen molar-refractivity contribution in [3.05, 3.63) is 58.9 Å². The number of ketones is 1. The Kier molecular flexibility index (Phi) is 6.16. The summed E-state index contributed by atoms with van der Waals surface area (Å²) in [6, 6.07) is 10.0. The molecular weight excluding hydrogens is 435 g/mol. The Hall–Kier alpha value is -2.49. The molecule has 0 aromatic heterocycles. The Morgan fingerprint density at radius 3 is 2.70 bits per heavy atom. The van der Waals surface area contributed by atoms with Crippen molar-refractivity contribution in [3.8, 4) is 0 Å². The van der Waals surface area contributed by atoms with Crippen LogP contribution in [0.4, 0.5) is 15.8 Å². The first kappa shape index (κ1) is 22.2. The number of hydrogen-bond donors (Lipinski definition) is 2. The first-order chi connectivity index (χ1) is 14.0. The number of halogens is 2. The van der Waals surface area contributed by atoms with E-state index in [2.05, 4.69) is 4.72 Å². The number of carbonyl (C=O) groups is 2. The van der Waals surface area contributed by atoms with Crippen LogP contribution in [0.1, 0.15) is 18.4 Å². The highest BCUT2D eigenvalue weighted by Crippen LogP contribution is 2.31. The second-order valence-corrected chi connectivity index (χ2v) is 9.38. The van der Waals surface area contributed by atoms with Crippen LogP contribution in [0.15, 0.2) is 42.5 Å². The third-order valence-corrected chi connectivity index (χ3v) is 5.61. The fourth-order valence-electron chi connectivity index (χ4n) is 3.38. The molecule has 0 unspecified atom stereocenters. The van der Waals surface area contributed by atoms with Gasteiger partial charge in [-0.25, -0.2) is 12.8 Å². The number of aryl methyl sites for hydroxylation is 1. The molecule has 1 aliphatic heterocycles. The van der Waals surface area contributed by atoms with Gasteiger partial charge in [0.25, 0.3) is 5.91 Å². The molecule has 1 saturated heterocycles. The lowest BCUT2D eigenvalue weighted by Crippen LogP contribution is -2.47. The van der Waals surface area contributed by atoms with E-state index in [4.69, 9.17) is 11.6 Å². The molecule has 1 amide bonds. The first-order valence-electron chi connectivity index (χ1n) is 9.08. The summed E-state index contributed by atoms with van der Waals surface area (Å²) in [5.74, 6) is -1.98. The summed E-state index contributed by atoms with van der Waals surface area (Å²) in [5.41, 5.74) is -1.09. The lowest BCUT2D eigenvalue weighted by atomic mass is 9.92. The Balaban J connectivity index is 1.73. The van der Waals surface area contributed by atoms with Gasteiger partial charge in [-0.15, -0.1) is 0 Å². The number of amides is 1. The third kappa shape index (κ3) is 4.97. The molecule has 30 heavy (non-hydrogen) atoms. The van der Waals surface area contributed by atoms with E-state index in [1.807, 2.05) is 0 Å². The summed E-state index contributed by atoms with van der Waals surface area (Å²) in [7, 11) is -3.50. The lowest BCUT2D eigenvalue weighted by molar-refractivity contribution is -0.147. The number of rotatable bonds is 7. The van der Waals surface area contributed by atoms with Gasteiger partial charge in [-0.3, -0.25) is 14.3 Å². The maximum Gasteiger partial charge on any atom is 0.266 e. The van der Waals surface area contributed by atoms with Gasteiger partial charge in [0.2, 0.25) is 15.6 Å². The minimum atomic E-state index is -3.50. The Labute approximate surface area is 178 Å². The molecule has 2 aromatic carbocycles. The molecule has 0 bridgehead atoms. The van der Waals surface area contributed by atoms with E-state index in [-0.39, 0.29) is 36.5 Å². The van der Waals surface area contributed by atoms with Gasteiger partial charge in [0.15, 0.2) is 5.78 Å². The average molecular weight is 455 g/mol. The summed E-state index contributed by atoms with van der Waals surface area (Å²) in [4.78, 5) is 26.7. The number of aliphatic hydroxyl groups is 1. The maximum atomic E-state index is 13.4. The minimum Gasteiger partial charge on any atom is -0.373 e. The smallest absolute Gasteiger partial charge is 0.266 e. The van der Waals surface area contributed by atoms with Crippen LogP contribution in [0.2, 0.25) is 5.02 Å². The molecule has 0 aliphatic carbocycles. The number of anilines is 2. The largest absolute Gasteiger partial charge is 0.373 e. The molecule has 0 radical (unpaired) electrons. The van der Waals surface area contributed by atoms with Crippen molar-refractivity contribution in [2.75, 3.05) is 22.4 Å². The van der Waals surface area contributed by atoms with Crippen LogP contribution in [0.25, 0.3) is 0 Å². The number of sulfonamides is 1. The number of hydrogen-bond acceptors (Lipinski definition) is 5. The Morgan fingerprint density at radius 2 is 2.03 bits per heavy atom. The van der Waals surface area contributed by atoms with Crippen molar-refractivity contribution >= 4 is 44.7 Å². The van der Waals surface area contributed by atoms with Gasteiger partial charge in [-0.2, -0.15) is 0 Å². The summed E-state index contributed by atoms with van der Waals surface area (Å²) < 4.78 is 38.6. The quantitative estimate of drug-likeness (QED) is 0.626. The summed E-state index contributed by atoms with van der Waals surface area (Å²) >= 11 is 5.81. The second-order valence-electron chi connectivity index (χ2n) is 7.19. The van der Waals surface area contributed by atoms with Gasteiger partial charge < -0.3 is 10.0 Å². The van der Waals surface area contributed by atoms with Gasteiger partial charge in [-0.1, -0.05) is 17.7 Å². The van der Waals surface area contributed by atoms with Crippen LogP contribution in [0, 0.1) is 5.82 Å². The summed E-state index contributed by atoms with van der Waals surface area (Å²) in [6.45, 7) is 0.0925. The fourth-order valence-corrected chi connectivity index (χ4v) is 4.18. The molecule has 10 heteroatoms. The van der Waals surface area contributed by atoms with Crippen molar-refractivity contribution in [1.29, 1.82) is 0 Å². The zero-order chi connectivity index (χ0) is 22.1. The minimum absolute atomic E-state index is 0.0925. The topological polar surface area (TPSA) is 104 Å². The third-order valence-electron chi connectivity index (χ3n) is 4.78. The predicted molar refractivity (Wildman–Crippen MR) is 112 cm³/mol. The van der Waals surface area contributed by atoms with E-state index in [1.165, 1.54) is 29.2 Å². The van der Waals surface area contributed by atoms with Crippen LogP contribution in [0.5, 0.6) is 0 Å². The first-order valence-corrected chi connectivity index (χ1v) is 11.4. The highest BCUT2D eigenvalue weighted by Gasteiger charge is 2.50. The number of Topliss-reactive ketones (excluding diaryl/α,β-unsaturated/α-hetero) is 1. The predicted octanol–water partition coefficient (Wildman–Crippen LogP) is 2.52. The molecule has 160 valence electrons. The van der Waals surface area contributed by atoms with Crippen molar-refractivity contribution in [3.63, 3.8) is 0 Å². The van der Waals surface area contributed by atoms with Gasteiger partial charge >= 0.3 is 0 Å². The zero-order valence-corrected chi connectivity index (χ0v) is 17.6. The molecule has 0 saturated carbocycles. The van der Waals surface area contributed by atoms with Crippen molar-refractivity contribution in [2.45, 2.75) is 24.9 Å². The molecule has 7 nitrogen and oxygen atoms in total. The highest BCUT2D eigenvalue weighted by atomic mass is 35.5. The fraction of sp³-hybridized carbons (Fsp3) is 0.300.